The number of fused-ring (bicyclic) bond motifs is 2. The third-order valence-corrected chi connectivity index (χ3v) is 4.33. The molecule has 1 N–H and O–H groups in total. The van der Waals surface area contributed by atoms with E-state index in [0.717, 1.165) is 42.0 Å². The summed E-state index contributed by atoms with van der Waals surface area (Å²) in [6.07, 6.45) is 3.10. The Morgan fingerprint density at radius 2 is 2.22 bits per heavy atom. The zero-order valence-corrected chi connectivity index (χ0v) is 13.4. The van der Waals surface area contributed by atoms with E-state index in [9.17, 15) is 0 Å². The molecule has 4 rings (SSSR count). The molecule has 0 fully saturated rings. The molecule has 0 aliphatic carbocycles. The maximum Gasteiger partial charge on any atom is 0.157 e. The number of nitrogens with zero attached hydrogens (tertiary/aromatic N) is 3. The number of hydrogen-bond donors (Lipinski definition) is 1. The SMILES string of the molecule is Cc1nn(C)c2ncc(CNC[C@@H]3Cc4ccccc4O3)cc12. The zero-order chi connectivity index (χ0) is 15.8. The highest BCUT2D eigenvalue weighted by molar-refractivity contribution is 5.78. The first kappa shape index (κ1) is 14.2. The Kier molecular flexibility index (Phi) is 3.50. The Morgan fingerprint density at radius 1 is 1.35 bits per heavy atom. The van der Waals surface area contributed by atoms with Gasteiger partial charge >= 0.3 is 0 Å². The summed E-state index contributed by atoms with van der Waals surface area (Å²) in [6, 6.07) is 10.4. The molecule has 0 saturated carbocycles. The molecule has 5 nitrogen and oxygen atoms in total. The van der Waals surface area contributed by atoms with Crippen LogP contribution in [0, 0.1) is 6.92 Å². The smallest absolute Gasteiger partial charge is 0.157 e. The Hall–Kier alpha value is -2.40. The molecule has 0 radical (unpaired) electrons. The average Bonchev–Trinajstić information content (AvgIpc) is 3.08. The number of aromatic nitrogens is 3. The third-order valence-electron chi connectivity index (χ3n) is 4.33. The van der Waals surface area contributed by atoms with Gasteiger partial charge in [-0.25, -0.2) is 4.98 Å². The van der Waals surface area contributed by atoms with Gasteiger partial charge in [0, 0.05) is 38.1 Å². The Bertz CT molecular complexity index is 830. The van der Waals surface area contributed by atoms with Crippen molar-refractivity contribution in [1.82, 2.24) is 20.1 Å². The number of hydrogen-bond acceptors (Lipinski definition) is 4. The van der Waals surface area contributed by atoms with E-state index >= 15 is 0 Å². The van der Waals surface area contributed by atoms with Crippen LogP contribution >= 0.6 is 0 Å². The van der Waals surface area contributed by atoms with E-state index in [4.69, 9.17) is 4.74 Å². The maximum atomic E-state index is 5.95. The predicted molar refractivity (Wildman–Crippen MR) is 89.5 cm³/mol. The predicted octanol–water partition coefficient (Wildman–Crippen LogP) is 2.37. The van der Waals surface area contributed by atoms with Gasteiger partial charge in [0.25, 0.3) is 0 Å². The lowest BCUT2D eigenvalue weighted by molar-refractivity contribution is 0.227. The second-order valence-electron chi connectivity index (χ2n) is 6.11. The summed E-state index contributed by atoms with van der Waals surface area (Å²) in [5, 5.41) is 9.01. The Labute approximate surface area is 135 Å². The largest absolute Gasteiger partial charge is 0.488 e. The molecule has 23 heavy (non-hydrogen) atoms. The van der Waals surface area contributed by atoms with Crippen molar-refractivity contribution in [3.8, 4) is 5.75 Å². The first-order valence-corrected chi connectivity index (χ1v) is 7.94. The van der Waals surface area contributed by atoms with Crippen LogP contribution in [0.3, 0.4) is 0 Å². The van der Waals surface area contributed by atoms with Crippen molar-refractivity contribution in [2.75, 3.05) is 6.54 Å². The van der Waals surface area contributed by atoms with Gasteiger partial charge in [-0.1, -0.05) is 18.2 Å². The molecule has 118 valence electrons. The lowest BCUT2D eigenvalue weighted by atomic mass is 10.1. The van der Waals surface area contributed by atoms with Crippen LogP contribution in [-0.4, -0.2) is 27.4 Å². The van der Waals surface area contributed by atoms with Gasteiger partial charge in [-0.15, -0.1) is 0 Å². The van der Waals surface area contributed by atoms with Gasteiger partial charge in [0.1, 0.15) is 11.9 Å². The van der Waals surface area contributed by atoms with Crippen LogP contribution in [0.15, 0.2) is 36.5 Å². The molecular formula is C18H20N4O. The van der Waals surface area contributed by atoms with E-state index in [-0.39, 0.29) is 6.10 Å². The lowest BCUT2D eigenvalue weighted by Crippen LogP contribution is -2.29. The normalized spacial score (nSPS) is 16.5. The number of para-hydroxylation sites is 1. The molecule has 1 aliphatic rings. The number of benzene rings is 1. The second kappa shape index (κ2) is 5.66. The van der Waals surface area contributed by atoms with Crippen LogP contribution in [0.5, 0.6) is 5.75 Å². The first-order valence-electron chi connectivity index (χ1n) is 7.94. The van der Waals surface area contributed by atoms with Crippen molar-refractivity contribution in [3.63, 3.8) is 0 Å². The Morgan fingerprint density at radius 3 is 3.09 bits per heavy atom. The van der Waals surface area contributed by atoms with Gasteiger partial charge in [0.15, 0.2) is 5.65 Å². The molecule has 5 heteroatoms. The van der Waals surface area contributed by atoms with Crippen LogP contribution < -0.4 is 10.1 Å². The van der Waals surface area contributed by atoms with Gasteiger partial charge in [0.2, 0.25) is 0 Å². The summed E-state index contributed by atoms with van der Waals surface area (Å²) in [6.45, 7) is 3.64. The van der Waals surface area contributed by atoms with Crippen molar-refractivity contribution in [3.05, 3.63) is 53.3 Å². The number of pyridine rings is 1. The highest BCUT2D eigenvalue weighted by Gasteiger charge is 2.21. The monoisotopic (exact) mass is 308 g/mol. The van der Waals surface area contributed by atoms with E-state index in [0.29, 0.717) is 0 Å². The maximum absolute atomic E-state index is 5.95. The van der Waals surface area contributed by atoms with Gasteiger partial charge in [-0.3, -0.25) is 4.68 Å². The fourth-order valence-electron chi connectivity index (χ4n) is 3.19. The lowest BCUT2D eigenvalue weighted by Gasteiger charge is -2.12. The van der Waals surface area contributed by atoms with Gasteiger partial charge in [0.05, 0.1) is 5.69 Å². The minimum atomic E-state index is 0.212. The van der Waals surface area contributed by atoms with E-state index in [2.05, 4.69) is 33.6 Å². The summed E-state index contributed by atoms with van der Waals surface area (Å²) < 4.78 is 7.77. The standard InChI is InChI=1S/C18H20N4O/c1-12-16-7-13(10-20-18(16)22(2)21-12)9-19-11-15-8-14-5-3-4-6-17(14)23-15/h3-7,10,15,19H,8-9,11H2,1-2H3/t15-/m0/s1. The van der Waals surface area contributed by atoms with E-state index in [1.54, 1.807) is 0 Å². The molecule has 2 aromatic heterocycles. The molecule has 0 unspecified atom stereocenters. The second-order valence-corrected chi connectivity index (χ2v) is 6.11. The zero-order valence-electron chi connectivity index (χ0n) is 13.4. The highest BCUT2D eigenvalue weighted by atomic mass is 16.5. The van der Waals surface area contributed by atoms with Gasteiger partial charge in [-0.2, -0.15) is 5.10 Å². The van der Waals surface area contributed by atoms with Crippen LogP contribution in [0.2, 0.25) is 0 Å². The molecule has 1 aliphatic heterocycles. The van der Waals surface area contributed by atoms with Crippen molar-refractivity contribution < 1.29 is 4.74 Å². The van der Waals surface area contributed by atoms with Crippen LogP contribution in [0.1, 0.15) is 16.8 Å². The molecule has 1 aromatic carbocycles. The molecule has 3 heterocycles. The third kappa shape index (κ3) is 2.68. The van der Waals surface area contributed by atoms with Crippen molar-refractivity contribution in [1.29, 1.82) is 0 Å². The van der Waals surface area contributed by atoms with Crippen molar-refractivity contribution in [2.24, 2.45) is 7.05 Å². The van der Waals surface area contributed by atoms with Crippen LogP contribution in [-0.2, 0) is 20.0 Å². The topological polar surface area (TPSA) is 52.0 Å². The minimum absolute atomic E-state index is 0.212. The van der Waals surface area contributed by atoms with E-state index in [1.165, 1.54) is 11.1 Å². The average molecular weight is 308 g/mol. The van der Waals surface area contributed by atoms with Crippen LogP contribution in [0.25, 0.3) is 11.0 Å². The highest BCUT2D eigenvalue weighted by Crippen LogP contribution is 2.27. The molecular weight excluding hydrogens is 288 g/mol. The quantitative estimate of drug-likeness (QED) is 0.804. The van der Waals surface area contributed by atoms with Crippen molar-refractivity contribution in [2.45, 2.75) is 26.0 Å². The van der Waals surface area contributed by atoms with Crippen molar-refractivity contribution >= 4 is 11.0 Å². The first-order chi connectivity index (χ1) is 11.2. The molecule has 1 atom stereocenters. The molecule has 0 saturated heterocycles. The summed E-state index contributed by atoms with van der Waals surface area (Å²) >= 11 is 0. The van der Waals surface area contributed by atoms with Gasteiger partial charge < -0.3 is 10.1 Å². The van der Waals surface area contributed by atoms with E-state index in [1.807, 2.05) is 37.0 Å². The number of aryl methyl sites for hydroxylation is 2. The molecule has 3 aromatic rings. The molecule has 0 amide bonds. The fourth-order valence-corrected chi connectivity index (χ4v) is 3.19. The summed E-state index contributed by atoms with van der Waals surface area (Å²) in [4.78, 5) is 4.51. The fraction of sp³-hybridized carbons (Fsp3) is 0.333. The number of rotatable bonds is 4. The van der Waals surface area contributed by atoms with Crippen LogP contribution in [0.4, 0.5) is 0 Å². The molecule has 0 spiro atoms. The van der Waals surface area contributed by atoms with E-state index < -0.39 is 0 Å². The Balaban J connectivity index is 1.38. The minimum Gasteiger partial charge on any atom is -0.488 e. The van der Waals surface area contributed by atoms with Gasteiger partial charge in [-0.05, 0) is 30.2 Å². The summed E-state index contributed by atoms with van der Waals surface area (Å²) in [7, 11) is 1.93. The number of ether oxygens (including phenoxy) is 1. The number of nitrogens with one attached hydrogen (secondary N) is 1. The molecule has 0 bridgehead atoms. The summed E-state index contributed by atoms with van der Waals surface area (Å²) in [5.74, 6) is 1.02. The summed E-state index contributed by atoms with van der Waals surface area (Å²) in [5.41, 5.74) is 4.42.